The number of likely N-dealkylation sites (N-methyl/N-ethyl adjacent to an activating group) is 1. The monoisotopic (exact) mass is 307 g/mol. The molecule has 0 spiro atoms. The Morgan fingerprint density at radius 2 is 2.32 bits per heavy atom. The lowest BCUT2D eigenvalue weighted by Gasteiger charge is -2.34. The topological polar surface area (TPSA) is 58.0 Å². The van der Waals surface area contributed by atoms with Crippen molar-refractivity contribution in [1.82, 2.24) is 15.1 Å². The molecule has 6 heteroatoms. The molecule has 0 bridgehead atoms. The van der Waals surface area contributed by atoms with Gasteiger partial charge in [0.2, 0.25) is 0 Å². The Balaban J connectivity index is 1.41. The zero-order chi connectivity index (χ0) is 15.4. The molecule has 2 aliphatic rings. The van der Waals surface area contributed by atoms with Crippen molar-refractivity contribution in [3.63, 3.8) is 0 Å². The van der Waals surface area contributed by atoms with E-state index in [-0.39, 0.29) is 12.1 Å². The summed E-state index contributed by atoms with van der Waals surface area (Å²) in [6.45, 7) is 4.46. The minimum absolute atomic E-state index is 0.0284. The lowest BCUT2D eigenvalue weighted by Crippen LogP contribution is -2.52. The van der Waals surface area contributed by atoms with Crippen LogP contribution in [0.5, 0.6) is 0 Å². The van der Waals surface area contributed by atoms with Crippen LogP contribution in [0.25, 0.3) is 0 Å². The third kappa shape index (κ3) is 4.48. The largest absolute Gasteiger partial charge is 0.472 e. The van der Waals surface area contributed by atoms with Crippen LogP contribution in [0.3, 0.4) is 0 Å². The van der Waals surface area contributed by atoms with Crippen LogP contribution in [0.2, 0.25) is 0 Å². The van der Waals surface area contributed by atoms with Gasteiger partial charge in [-0.3, -0.25) is 0 Å². The third-order valence-corrected chi connectivity index (χ3v) is 4.23. The summed E-state index contributed by atoms with van der Waals surface area (Å²) in [6.07, 6.45) is 6.09. The highest BCUT2D eigenvalue weighted by Crippen LogP contribution is 2.29. The number of nitrogens with zero attached hydrogens (tertiary/aromatic N) is 2. The van der Waals surface area contributed by atoms with Crippen LogP contribution in [-0.4, -0.2) is 61.8 Å². The van der Waals surface area contributed by atoms with E-state index in [1.165, 1.54) is 12.8 Å². The highest BCUT2D eigenvalue weighted by molar-refractivity contribution is 5.74. The molecule has 0 aromatic carbocycles. The molecule has 1 aliphatic heterocycles. The number of hydrogen-bond acceptors (Lipinski definition) is 4. The molecule has 2 amide bonds. The molecule has 1 aromatic rings. The van der Waals surface area contributed by atoms with Gasteiger partial charge in [-0.05, 0) is 31.9 Å². The lowest BCUT2D eigenvalue weighted by atomic mass is 10.2. The number of urea groups is 1. The number of ether oxygens (including phenoxy) is 1. The summed E-state index contributed by atoms with van der Waals surface area (Å²) in [4.78, 5) is 16.4. The number of hydrogen-bond donors (Lipinski definition) is 1. The summed E-state index contributed by atoms with van der Waals surface area (Å²) >= 11 is 0. The van der Waals surface area contributed by atoms with E-state index in [1.54, 1.807) is 12.5 Å². The molecule has 3 rings (SSSR count). The average Bonchev–Trinajstić information content (AvgIpc) is 3.16. The van der Waals surface area contributed by atoms with Crippen molar-refractivity contribution >= 4 is 6.03 Å². The van der Waals surface area contributed by atoms with Crippen molar-refractivity contribution < 1.29 is 13.9 Å². The van der Waals surface area contributed by atoms with Crippen LogP contribution in [-0.2, 0) is 11.3 Å². The second-order valence-corrected chi connectivity index (χ2v) is 6.39. The van der Waals surface area contributed by atoms with Crippen LogP contribution < -0.4 is 5.32 Å². The van der Waals surface area contributed by atoms with E-state index >= 15 is 0 Å². The van der Waals surface area contributed by atoms with E-state index in [0.29, 0.717) is 26.2 Å². The van der Waals surface area contributed by atoms with Gasteiger partial charge >= 0.3 is 6.03 Å². The highest BCUT2D eigenvalue weighted by atomic mass is 16.5. The zero-order valence-corrected chi connectivity index (χ0v) is 13.2. The molecule has 1 saturated carbocycles. The molecule has 6 nitrogen and oxygen atoms in total. The molecular formula is C16H25N3O3. The number of amides is 2. The fourth-order valence-corrected chi connectivity index (χ4v) is 2.86. The normalized spacial score (nSPS) is 22.1. The van der Waals surface area contributed by atoms with Crippen molar-refractivity contribution in [2.24, 2.45) is 5.92 Å². The maximum atomic E-state index is 12.2. The SMILES string of the molecule is CN(CC1CC1)C[C@H]1CN(C(=O)NCc2ccoc2)CCO1. The van der Waals surface area contributed by atoms with E-state index in [1.807, 2.05) is 11.0 Å². The Morgan fingerprint density at radius 1 is 1.45 bits per heavy atom. The first-order valence-electron chi connectivity index (χ1n) is 8.04. The number of morpholine rings is 1. The van der Waals surface area contributed by atoms with Gasteiger partial charge in [0.05, 0.1) is 25.2 Å². The minimum atomic E-state index is -0.0284. The van der Waals surface area contributed by atoms with E-state index in [4.69, 9.17) is 9.15 Å². The van der Waals surface area contributed by atoms with Gasteiger partial charge in [-0.15, -0.1) is 0 Å². The Kier molecular flexibility index (Phi) is 5.00. The molecule has 0 unspecified atom stereocenters. The maximum absolute atomic E-state index is 12.2. The summed E-state index contributed by atoms with van der Waals surface area (Å²) in [5, 5.41) is 2.93. The van der Waals surface area contributed by atoms with Crippen molar-refractivity contribution in [3.05, 3.63) is 24.2 Å². The summed E-state index contributed by atoms with van der Waals surface area (Å²) in [5.41, 5.74) is 0.974. The van der Waals surface area contributed by atoms with Gasteiger partial charge in [-0.25, -0.2) is 4.79 Å². The molecule has 22 heavy (non-hydrogen) atoms. The van der Waals surface area contributed by atoms with Gasteiger partial charge in [0.15, 0.2) is 0 Å². The first-order valence-corrected chi connectivity index (χ1v) is 8.04. The van der Waals surface area contributed by atoms with Crippen LogP contribution in [0.1, 0.15) is 18.4 Å². The molecule has 1 N–H and O–H groups in total. The summed E-state index contributed by atoms with van der Waals surface area (Å²) in [5.74, 6) is 0.878. The predicted molar refractivity (Wildman–Crippen MR) is 82.5 cm³/mol. The molecule has 122 valence electrons. The average molecular weight is 307 g/mol. The first-order chi connectivity index (χ1) is 10.7. The Morgan fingerprint density at radius 3 is 3.05 bits per heavy atom. The predicted octanol–water partition coefficient (Wildman–Crippen LogP) is 1.53. The van der Waals surface area contributed by atoms with Crippen LogP contribution in [0.15, 0.2) is 23.0 Å². The van der Waals surface area contributed by atoms with Gasteiger partial charge in [-0.1, -0.05) is 0 Å². The lowest BCUT2D eigenvalue weighted by molar-refractivity contribution is -0.0277. The van der Waals surface area contributed by atoms with Crippen LogP contribution in [0, 0.1) is 5.92 Å². The zero-order valence-electron chi connectivity index (χ0n) is 13.2. The highest BCUT2D eigenvalue weighted by Gasteiger charge is 2.27. The van der Waals surface area contributed by atoms with Gasteiger partial charge in [-0.2, -0.15) is 0 Å². The summed E-state index contributed by atoms with van der Waals surface area (Å²) in [7, 11) is 2.14. The Labute approximate surface area is 131 Å². The van der Waals surface area contributed by atoms with E-state index < -0.39 is 0 Å². The van der Waals surface area contributed by atoms with E-state index in [2.05, 4.69) is 17.3 Å². The van der Waals surface area contributed by atoms with Crippen molar-refractivity contribution in [1.29, 1.82) is 0 Å². The number of rotatable bonds is 6. The van der Waals surface area contributed by atoms with Gasteiger partial charge in [0.1, 0.15) is 0 Å². The standard InChI is InChI=1S/C16H25N3O3/c1-18(9-13-2-3-13)10-15-11-19(5-7-22-15)16(20)17-8-14-4-6-21-12-14/h4,6,12-13,15H,2-3,5,7-11H2,1H3,(H,17,20)/t15-/m0/s1. The maximum Gasteiger partial charge on any atom is 0.317 e. The molecule has 1 aromatic heterocycles. The number of carbonyl (C=O) groups excluding carboxylic acids is 1. The number of nitrogens with one attached hydrogen (secondary N) is 1. The molecule has 1 aliphatic carbocycles. The molecular weight excluding hydrogens is 282 g/mol. The fourth-order valence-electron chi connectivity index (χ4n) is 2.86. The van der Waals surface area contributed by atoms with Crippen molar-refractivity contribution in [2.45, 2.75) is 25.5 Å². The Bertz CT molecular complexity index is 473. The second kappa shape index (κ2) is 7.15. The van der Waals surface area contributed by atoms with Gasteiger partial charge in [0.25, 0.3) is 0 Å². The fraction of sp³-hybridized carbons (Fsp3) is 0.688. The second-order valence-electron chi connectivity index (χ2n) is 6.39. The Hall–Kier alpha value is -1.53. The van der Waals surface area contributed by atoms with E-state index in [0.717, 1.165) is 24.6 Å². The smallest absolute Gasteiger partial charge is 0.317 e. The molecule has 1 atom stereocenters. The van der Waals surface area contributed by atoms with E-state index in [9.17, 15) is 4.79 Å². The summed E-state index contributed by atoms with van der Waals surface area (Å²) in [6, 6.07) is 1.83. The minimum Gasteiger partial charge on any atom is -0.472 e. The molecule has 2 fully saturated rings. The summed E-state index contributed by atoms with van der Waals surface area (Å²) < 4.78 is 10.8. The number of furan rings is 1. The third-order valence-electron chi connectivity index (χ3n) is 4.23. The quantitative estimate of drug-likeness (QED) is 0.866. The van der Waals surface area contributed by atoms with Gasteiger partial charge in [0, 0.05) is 38.3 Å². The van der Waals surface area contributed by atoms with Crippen molar-refractivity contribution in [3.8, 4) is 0 Å². The first kappa shape index (κ1) is 15.4. The molecule has 2 heterocycles. The molecule has 0 radical (unpaired) electrons. The number of carbonyl (C=O) groups is 1. The van der Waals surface area contributed by atoms with Crippen LogP contribution in [0.4, 0.5) is 4.79 Å². The van der Waals surface area contributed by atoms with Crippen molar-refractivity contribution in [2.75, 3.05) is 39.8 Å². The molecule has 1 saturated heterocycles. The van der Waals surface area contributed by atoms with Gasteiger partial charge < -0.3 is 24.3 Å². The van der Waals surface area contributed by atoms with Crippen LogP contribution >= 0.6 is 0 Å².